The van der Waals surface area contributed by atoms with Crippen molar-refractivity contribution in [2.75, 3.05) is 7.05 Å². The molecule has 8 heteroatoms. The Kier molecular flexibility index (Phi) is 5.70. The van der Waals surface area contributed by atoms with E-state index in [1.807, 2.05) is 18.5 Å². The average Bonchev–Trinajstić information content (AvgIpc) is 3.46. The first-order valence-electron chi connectivity index (χ1n) is 10.3. The molecule has 31 heavy (non-hydrogen) atoms. The number of aryl methyl sites for hydroxylation is 2. The van der Waals surface area contributed by atoms with Gasteiger partial charge in [0.05, 0.1) is 5.52 Å². The molecule has 5 rings (SSSR count). The van der Waals surface area contributed by atoms with Crippen molar-refractivity contribution in [3.05, 3.63) is 55.9 Å². The maximum atomic E-state index is 15.4. The predicted molar refractivity (Wildman–Crippen MR) is 123 cm³/mol. The molecule has 1 atom stereocenters. The Morgan fingerprint density at radius 3 is 2.68 bits per heavy atom. The molecule has 164 valence electrons. The number of aromatic nitrogens is 1. The summed E-state index contributed by atoms with van der Waals surface area (Å²) in [5, 5.41) is 13.0. The third-order valence-corrected chi connectivity index (χ3v) is 7.62. The second-order valence-electron chi connectivity index (χ2n) is 8.29. The van der Waals surface area contributed by atoms with Crippen molar-refractivity contribution < 1.29 is 14.3 Å². The predicted octanol–water partition coefficient (Wildman–Crippen LogP) is 5.23. The number of hydrogen-bond donors (Lipinski definition) is 2. The minimum absolute atomic E-state index is 0. The van der Waals surface area contributed by atoms with Gasteiger partial charge in [-0.05, 0) is 69.3 Å². The number of benzene rings is 1. The number of pyridine rings is 1. The molecule has 1 saturated carbocycles. The van der Waals surface area contributed by atoms with Gasteiger partial charge in [0, 0.05) is 39.0 Å². The molecule has 1 fully saturated rings. The Bertz CT molecular complexity index is 1260. The third kappa shape index (κ3) is 3.49. The van der Waals surface area contributed by atoms with Gasteiger partial charge in [-0.25, -0.2) is 9.18 Å². The van der Waals surface area contributed by atoms with Crippen molar-refractivity contribution in [3.63, 3.8) is 0 Å². The lowest BCUT2D eigenvalue weighted by molar-refractivity contribution is 0.0695. The number of aromatic carboxylic acids is 1. The van der Waals surface area contributed by atoms with Crippen LogP contribution in [0.3, 0.4) is 0 Å². The summed E-state index contributed by atoms with van der Waals surface area (Å²) in [7, 11) is 1.95. The molecule has 3 aromatic rings. The number of nitrogens with one attached hydrogen (secondary N) is 1. The molecule has 0 spiro atoms. The third-order valence-electron chi connectivity index (χ3n) is 6.39. The van der Waals surface area contributed by atoms with Crippen molar-refractivity contribution in [3.8, 4) is 10.4 Å². The number of nitrogens with zero attached hydrogens (tertiary/aromatic N) is 1. The summed E-state index contributed by atoms with van der Waals surface area (Å²) in [6, 6.07) is 3.77. The molecule has 0 bridgehead atoms. The monoisotopic (exact) mass is 462 g/mol. The van der Waals surface area contributed by atoms with Crippen LogP contribution in [-0.4, -0.2) is 22.7 Å². The number of fused-ring (bicyclic) bond motifs is 2. The van der Waals surface area contributed by atoms with Crippen molar-refractivity contribution >= 4 is 40.6 Å². The van der Waals surface area contributed by atoms with E-state index in [0.29, 0.717) is 16.6 Å². The highest BCUT2D eigenvalue weighted by molar-refractivity contribution is 7.15. The SMILES string of the molecule is CNC1CCCc2sc(-c3c(F)cc4c(=O)c(C(=O)O)cn(C5CC5)c4c3C)cc21.Cl. The van der Waals surface area contributed by atoms with Gasteiger partial charge in [0.25, 0.3) is 0 Å². The van der Waals surface area contributed by atoms with Gasteiger partial charge in [-0.15, -0.1) is 23.7 Å². The molecule has 0 saturated heterocycles. The van der Waals surface area contributed by atoms with E-state index in [0.717, 1.165) is 37.0 Å². The van der Waals surface area contributed by atoms with Crippen LogP contribution in [-0.2, 0) is 6.42 Å². The Balaban J connectivity index is 0.00000231. The van der Waals surface area contributed by atoms with Crippen LogP contribution in [0.5, 0.6) is 0 Å². The van der Waals surface area contributed by atoms with Gasteiger partial charge in [0.2, 0.25) is 5.43 Å². The zero-order valence-corrected chi connectivity index (χ0v) is 19.0. The van der Waals surface area contributed by atoms with Crippen LogP contribution < -0.4 is 10.7 Å². The Morgan fingerprint density at radius 1 is 1.29 bits per heavy atom. The highest BCUT2D eigenvalue weighted by Gasteiger charge is 2.30. The molecule has 0 amide bonds. The van der Waals surface area contributed by atoms with Crippen LogP contribution >= 0.6 is 23.7 Å². The highest BCUT2D eigenvalue weighted by Crippen LogP contribution is 2.44. The minimum Gasteiger partial charge on any atom is -0.477 e. The summed E-state index contributed by atoms with van der Waals surface area (Å²) < 4.78 is 17.2. The van der Waals surface area contributed by atoms with Crippen LogP contribution in [0.2, 0.25) is 0 Å². The van der Waals surface area contributed by atoms with E-state index in [1.54, 1.807) is 11.3 Å². The number of carbonyl (C=O) groups is 1. The molecule has 2 heterocycles. The average molecular weight is 463 g/mol. The molecule has 2 aliphatic rings. The van der Waals surface area contributed by atoms with E-state index in [2.05, 4.69) is 11.4 Å². The summed E-state index contributed by atoms with van der Waals surface area (Å²) in [5.41, 5.74) is 2.19. The standard InChI is InChI=1S/C23H23FN2O3S.ClH/c1-11-20(19-9-13-17(25-2)4-3-5-18(13)30-19)16(24)8-14-21(11)26(12-6-7-12)10-15(22(14)27)23(28)29;/h8-10,12,17,25H,3-7H2,1-2H3,(H,28,29);1H. The van der Waals surface area contributed by atoms with Crippen molar-refractivity contribution in [2.24, 2.45) is 0 Å². The molecular formula is C23H24ClFN2O3S. The lowest BCUT2D eigenvalue weighted by Gasteiger charge is -2.21. The second kappa shape index (κ2) is 8.04. The number of carboxylic acid groups (broad SMARTS) is 1. The van der Waals surface area contributed by atoms with E-state index in [4.69, 9.17) is 0 Å². The smallest absolute Gasteiger partial charge is 0.341 e. The lowest BCUT2D eigenvalue weighted by atomic mass is 9.93. The largest absolute Gasteiger partial charge is 0.477 e. The van der Waals surface area contributed by atoms with E-state index >= 15 is 4.39 Å². The zero-order valence-electron chi connectivity index (χ0n) is 17.3. The fraction of sp³-hybridized carbons (Fsp3) is 0.391. The van der Waals surface area contributed by atoms with Crippen molar-refractivity contribution in [1.29, 1.82) is 0 Å². The number of hydrogen-bond acceptors (Lipinski definition) is 4. The lowest BCUT2D eigenvalue weighted by Crippen LogP contribution is -2.20. The molecule has 1 unspecified atom stereocenters. The van der Waals surface area contributed by atoms with E-state index in [9.17, 15) is 14.7 Å². The van der Waals surface area contributed by atoms with Crippen LogP contribution in [0.1, 0.15) is 64.1 Å². The van der Waals surface area contributed by atoms with Gasteiger partial charge < -0.3 is 15.0 Å². The minimum atomic E-state index is -1.28. The van der Waals surface area contributed by atoms with Crippen molar-refractivity contribution in [2.45, 2.75) is 51.1 Å². The summed E-state index contributed by atoms with van der Waals surface area (Å²) in [6.45, 7) is 1.84. The van der Waals surface area contributed by atoms with Crippen LogP contribution in [0, 0.1) is 12.7 Å². The maximum Gasteiger partial charge on any atom is 0.341 e. The van der Waals surface area contributed by atoms with Crippen molar-refractivity contribution in [1.82, 2.24) is 9.88 Å². The first kappa shape index (κ1) is 22.0. The van der Waals surface area contributed by atoms with Gasteiger partial charge in [-0.1, -0.05) is 0 Å². The van der Waals surface area contributed by atoms with Gasteiger partial charge in [0.15, 0.2) is 0 Å². The number of thiophene rings is 1. The molecule has 0 aliphatic heterocycles. The summed E-state index contributed by atoms with van der Waals surface area (Å²) >= 11 is 1.63. The molecule has 0 radical (unpaired) electrons. The van der Waals surface area contributed by atoms with Crippen LogP contribution in [0.15, 0.2) is 23.1 Å². The molecule has 5 nitrogen and oxygen atoms in total. The molecule has 1 aromatic carbocycles. The first-order valence-corrected chi connectivity index (χ1v) is 11.1. The fourth-order valence-electron chi connectivity index (χ4n) is 4.75. The molecule has 2 aliphatic carbocycles. The number of carboxylic acids is 1. The van der Waals surface area contributed by atoms with Gasteiger partial charge in [0.1, 0.15) is 11.4 Å². The fourth-order valence-corrected chi connectivity index (χ4v) is 6.12. The summed E-state index contributed by atoms with van der Waals surface area (Å²) in [4.78, 5) is 26.5. The Labute approximate surface area is 189 Å². The van der Waals surface area contributed by atoms with Gasteiger partial charge >= 0.3 is 5.97 Å². The first-order chi connectivity index (χ1) is 14.4. The van der Waals surface area contributed by atoms with E-state index in [1.165, 1.54) is 22.7 Å². The van der Waals surface area contributed by atoms with Crippen LogP contribution in [0.4, 0.5) is 4.39 Å². The molecule has 2 aromatic heterocycles. The number of rotatable bonds is 4. The Hall–Kier alpha value is -2.22. The maximum absolute atomic E-state index is 15.4. The Morgan fingerprint density at radius 2 is 2.03 bits per heavy atom. The van der Waals surface area contributed by atoms with Crippen LogP contribution in [0.25, 0.3) is 21.3 Å². The highest BCUT2D eigenvalue weighted by atomic mass is 35.5. The summed E-state index contributed by atoms with van der Waals surface area (Å²) in [6.07, 6.45) is 6.48. The number of halogens is 2. The van der Waals surface area contributed by atoms with Gasteiger partial charge in [-0.2, -0.15) is 0 Å². The normalized spacial score (nSPS) is 18.0. The molecule has 2 N–H and O–H groups in total. The zero-order chi connectivity index (χ0) is 21.2. The molecular weight excluding hydrogens is 439 g/mol. The topological polar surface area (TPSA) is 71.3 Å². The summed E-state index contributed by atoms with van der Waals surface area (Å²) in [5.74, 6) is -1.75. The second-order valence-corrected chi connectivity index (χ2v) is 9.43. The quantitative estimate of drug-likeness (QED) is 0.557. The van der Waals surface area contributed by atoms with Gasteiger partial charge in [-0.3, -0.25) is 4.79 Å². The van der Waals surface area contributed by atoms with E-state index < -0.39 is 17.2 Å². The van der Waals surface area contributed by atoms with E-state index in [-0.39, 0.29) is 35.4 Å².